The molecule has 0 aliphatic heterocycles. The molecular weight excluding hydrogens is 310 g/mol. The highest BCUT2D eigenvalue weighted by molar-refractivity contribution is 5.82. The fourth-order valence-electron chi connectivity index (χ4n) is 2.42. The van der Waals surface area contributed by atoms with Crippen molar-refractivity contribution in [3.63, 3.8) is 0 Å². The lowest BCUT2D eigenvalue weighted by Gasteiger charge is -2.07. The summed E-state index contributed by atoms with van der Waals surface area (Å²) >= 11 is 0. The van der Waals surface area contributed by atoms with Gasteiger partial charge in [0.1, 0.15) is 17.9 Å². The van der Waals surface area contributed by atoms with E-state index in [9.17, 15) is 4.79 Å². The molecule has 0 saturated heterocycles. The van der Waals surface area contributed by atoms with Gasteiger partial charge in [-0.2, -0.15) is 0 Å². The normalized spacial score (nSPS) is 11.1. The van der Waals surface area contributed by atoms with Crippen LogP contribution in [0.1, 0.15) is 22.6 Å². The first-order valence-corrected chi connectivity index (χ1v) is 7.68. The van der Waals surface area contributed by atoms with Crippen molar-refractivity contribution in [3.05, 3.63) is 57.3 Å². The van der Waals surface area contributed by atoms with E-state index < -0.39 is 0 Å². The predicted molar refractivity (Wildman–Crippen MR) is 88.4 cm³/mol. The Labute approximate surface area is 139 Å². The summed E-state index contributed by atoms with van der Waals surface area (Å²) in [6.07, 6.45) is 0.694. The van der Waals surface area contributed by atoms with E-state index in [1.54, 1.807) is 20.1 Å². The number of methoxy groups -OCH3 is 1. The molecule has 0 spiro atoms. The van der Waals surface area contributed by atoms with Crippen LogP contribution in [0.2, 0.25) is 0 Å². The molecule has 0 amide bonds. The number of ether oxygens (including phenoxy) is 2. The van der Waals surface area contributed by atoms with Crippen molar-refractivity contribution in [1.29, 1.82) is 0 Å². The molecule has 0 aliphatic rings. The van der Waals surface area contributed by atoms with Crippen LogP contribution in [0.25, 0.3) is 11.0 Å². The molecule has 2 heterocycles. The maximum atomic E-state index is 11.8. The maximum Gasteiger partial charge on any atom is 0.339 e. The van der Waals surface area contributed by atoms with Crippen LogP contribution >= 0.6 is 0 Å². The van der Waals surface area contributed by atoms with Crippen molar-refractivity contribution in [1.82, 2.24) is 5.16 Å². The molecule has 0 aliphatic carbocycles. The molecule has 126 valence electrons. The molecule has 0 saturated carbocycles. The van der Waals surface area contributed by atoms with Gasteiger partial charge in [0.05, 0.1) is 12.3 Å². The Bertz CT molecular complexity index is 909. The summed E-state index contributed by atoms with van der Waals surface area (Å²) in [5, 5.41) is 4.86. The van der Waals surface area contributed by atoms with Crippen molar-refractivity contribution in [2.24, 2.45) is 0 Å². The summed E-state index contributed by atoms with van der Waals surface area (Å²) in [6, 6.07) is 7.29. The number of hydrogen-bond donors (Lipinski definition) is 0. The van der Waals surface area contributed by atoms with Gasteiger partial charge in [0.25, 0.3) is 0 Å². The lowest BCUT2D eigenvalue weighted by molar-refractivity contribution is 0.199. The molecule has 0 N–H and O–H groups in total. The van der Waals surface area contributed by atoms with Crippen LogP contribution in [-0.2, 0) is 17.8 Å². The molecule has 2 aromatic heterocycles. The lowest BCUT2D eigenvalue weighted by Crippen LogP contribution is -2.05. The standard InChI is InChI=1S/C18H19NO5/c1-11-12(2)18(20)23-17-9-14(4-5-16(11)17)22-10-15-8-13(19-24-15)6-7-21-3/h4-5,8-9H,6-7,10H2,1-3H3. The second kappa shape index (κ2) is 6.88. The highest BCUT2D eigenvalue weighted by Crippen LogP contribution is 2.24. The minimum absolute atomic E-state index is 0.251. The third-order valence-corrected chi connectivity index (χ3v) is 3.98. The fraction of sp³-hybridized carbons (Fsp3) is 0.333. The van der Waals surface area contributed by atoms with Crippen molar-refractivity contribution in [2.45, 2.75) is 26.9 Å². The van der Waals surface area contributed by atoms with E-state index in [1.807, 2.05) is 25.1 Å². The Balaban J connectivity index is 1.75. The average molecular weight is 329 g/mol. The van der Waals surface area contributed by atoms with Crippen LogP contribution in [0.4, 0.5) is 0 Å². The number of fused-ring (bicyclic) bond motifs is 1. The third kappa shape index (κ3) is 3.33. The zero-order valence-electron chi connectivity index (χ0n) is 13.9. The second-order valence-corrected chi connectivity index (χ2v) is 5.61. The zero-order valence-corrected chi connectivity index (χ0v) is 13.9. The Morgan fingerprint density at radius 3 is 2.79 bits per heavy atom. The van der Waals surface area contributed by atoms with E-state index in [4.69, 9.17) is 18.4 Å². The van der Waals surface area contributed by atoms with Gasteiger partial charge in [-0.1, -0.05) is 5.16 Å². The summed E-state index contributed by atoms with van der Waals surface area (Å²) in [4.78, 5) is 11.8. The van der Waals surface area contributed by atoms with E-state index in [0.717, 1.165) is 16.6 Å². The molecule has 0 bridgehead atoms. The topological polar surface area (TPSA) is 74.7 Å². The van der Waals surface area contributed by atoms with Crippen LogP contribution in [-0.4, -0.2) is 18.9 Å². The van der Waals surface area contributed by atoms with Gasteiger partial charge < -0.3 is 18.4 Å². The van der Waals surface area contributed by atoms with Crippen LogP contribution < -0.4 is 10.4 Å². The van der Waals surface area contributed by atoms with Crippen molar-refractivity contribution >= 4 is 11.0 Å². The van der Waals surface area contributed by atoms with Crippen molar-refractivity contribution < 1.29 is 18.4 Å². The molecule has 0 fully saturated rings. The summed E-state index contributed by atoms with van der Waals surface area (Å²) in [6.45, 7) is 4.51. The smallest absolute Gasteiger partial charge is 0.339 e. The van der Waals surface area contributed by atoms with Gasteiger partial charge in [0.2, 0.25) is 0 Å². The van der Waals surface area contributed by atoms with Crippen LogP contribution in [0.3, 0.4) is 0 Å². The van der Waals surface area contributed by atoms with E-state index in [2.05, 4.69) is 5.16 Å². The zero-order chi connectivity index (χ0) is 17.1. The van der Waals surface area contributed by atoms with Crippen molar-refractivity contribution in [3.8, 4) is 5.75 Å². The maximum absolute atomic E-state index is 11.8. The number of aryl methyl sites for hydroxylation is 1. The van der Waals surface area contributed by atoms with Crippen LogP contribution in [0.15, 0.2) is 38.0 Å². The fourth-order valence-corrected chi connectivity index (χ4v) is 2.42. The third-order valence-electron chi connectivity index (χ3n) is 3.98. The van der Waals surface area contributed by atoms with Gasteiger partial charge in [0, 0.05) is 36.6 Å². The Morgan fingerprint density at radius 1 is 1.17 bits per heavy atom. The average Bonchev–Trinajstić information content (AvgIpc) is 3.04. The Hall–Kier alpha value is -2.60. The first-order valence-electron chi connectivity index (χ1n) is 7.68. The van der Waals surface area contributed by atoms with Gasteiger partial charge >= 0.3 is 5.63 Å². The van der Waals surface area contributed by atoms with Gasteiger partial charge in [-0.25, -0.2) is 4.79 Å². The Morgan fingerprint density at radius 2 is 2.00 bits per heavy atom. The molecule has 0 atom stereocenters. The summed E-state index contributed by atoms with van der Waals surface area (Å²) in [5.74, 6) is 1.23. The first kappa shape index (κ1) is 16.3. The van der Waals surface area contributed by atoms with E-state index in [0.29, 0.717) is 35.7 Å². The molecular formula is C18H19NO5. The molecule has 0 unspecified atom stereocenters. The number of aromatic nitrogens is 1. The molecule has 0 radical (unpaired) electrons. The number of rotatable bonds is 6. The highest BCUT2D eigenvalue weighted by Gasteiger charge is 2.09. The summed E-state index contributed by atoms with van der Waals surface area (Å²) < 4.78 is 21.3. The summed E-state index contributed by atoms with van der Waals surface area (Å²) in [5.41, 5.74) is 2.56. The monoisotopic (exact) mass is 329 g/mol. The van der Waals surface area contributed by atoms with E-state index in [1.165, 1.54) is 0 Å². The minimum Gasteiger partial charge on any atom is -0.485 e. The van der Waals surface area contributed by atoms with Crippen LogP contribution in [0.5, 0.6) is 5.75 Å². The molecule has 3 rings (SSSR count). The first-order chi connectivity index (χ1) is 11.6. The van der Waals surface area contributed by atoms with Gasteiger partial charge in [-0.15, -0.1) is 0 Å². The largest absolute Gasteiger partial charge is 0.485 e. The number of benzene rings is 1. The van der Waals surface area contributed by atoms with Crippen LogP contribution in [0, 0.1) is 13.8 Å². The number of hydrogen-bond acceptors (Lipinski definition) is 6. The second-order valence-electron chi connectivity index (χ2n) is 5.61. The molecule has 1 aromatic carbocycles. The predicted octanol–water partition coefficient (Wildman–Crippen LogP) is 3.17. The summed E-state index contributed by atoms with van der Waals surface area (Å²) in [7, 11) is 1.64. The van der Waals surface area contributed by atoms with Gasteiger partial charge in [-0.05, 0) is 31.5 Å². The number of nitrogens with zero attached hydrogens (tertiary/aromatic N) is 1. The molecule has 3 aromatic rings. The lowest BCUT2D eigenvalue weighted by atomic mass is 10.1. The highest BCUT2D eigenvalue weighted by atomic mass is 16.5. The van der Waals surface area contributed by atoms with Crippen molar-refractivity contribution in [2.75, 3.05) is 13.7 Å². The van der Waals surface area contributed by atoms with E-state index in [-0.39, 0.29) is 12.2 Å². The van der Waals surface area contributed by atoms with Gasteiger partial charge in [0.15, 0.2) is 5.76 Å². The molecule has 6 heteroatoms. The molecule has 24 heavy (non-hydrogen) atoms. The molecule has 6 nitrogen and oxygen atoms in total. The quantitative estimate of drug-likeness (QED) is 0.647. The minimum atomic E-state index is -0.324. The Kier molecular flexibility index (Phi) is 4.66. The van der Waals surface area contributed by atoms with E-state index >= 15 is 0 Å². The SMILES string of the molecule is COCCc1cc(COc2ccc3c(C)c(C)c(=O)oc3c2)on1. The van der Waals surface area contributed by atoms with Gasteiger partial charge in [-0.3, -0.25) is 0 Å².